The zero-order valence-corrected chi connectivity index (χ0v) is 12.3. The third kappa shape index (κ3) is 3.86. The summed E-state index contributed by atoms with van der Waals surface area (Å²) in [5.41, 5.74) is 0.534. The summed E-state index contributed by atoms with van der Waals surface area (Å²) in [5.74, 6) is 1.04. The van der Waals surface area contributed by atoms with E-state index in [9.17, 15) is 0 Å². The van der Waals surface area contributed by atoms with Gasteiger partial charge in [0.25, 0.3) is 0 Å². The Balaban J connectivity index is 2.08. The van der Waals surface area contributed by atoms with E-state index in [2.05, 4.69) is 11.4 Å². The largest absolute Gasteiger partial charge is 0.486 e. The predicted octanol–water partition coefficient (Wildman–Crippen LogP) is 2.61. The first-order valence-corrected chi connectivity index (χ1v) is 7.27. The lowest BCUT2D eigenvalue weighted by molar-refractivity contribution is 0.0292. The topological polar surface area (TPSA) is 54.3 Å². The molecular weight excluding hydrogens is 276 g/mol. The first kappa shape index (κ1) is 15.1. The van der Waals surface area contributed by atoms with Crippen LogP contribution in [0.5, 0.6) is 5.75 Å². The van der Waals surface area contributed by atoms with E-state index in [0.29, 0.717) is 35.5 Å². The van der Waals surface area contributed by atoms with E-state index >= 15 is 0 Å². The van der Waals surface area contributed by atoms with Gasteiger partial charge in [-0.05, 0) is 38.1 Å². The SMILES string of the molecule is CCOC[C@H](Oc1ccc(C#N)cc1Cl)C1CCNC1. The quantitative estimate of drug-likeness (QED) is 0.876. The van der Waals surface area contributed by atoms with Crippen LogP contribution in [0, 0.1) is 17.2 Å². The second kappa shape index (κ2) is 7.49. The van der Waals surface area contributed by atoms with Crippen LogP contribution < -0.4 is 10.1 Å². The van der Waals surface area contributed by atoms with Crippen LogP contribution in [0.25, 0.3) is 0 Å². The Labute approximate surface area is 124 Å². The molecule has 4 nitrogen and oxygen atoms in total. The van der Waals surface area contributed by atoms with E-state index < -0.39 is 0 Å². The fourth-order valence-corrected chi connectivity index (χ4v) is 2.55. The van der Waals surface area contributed by atoms with Crippen LogP contribution in [-0.4, -0.2) is 32.4 Å². The first-order valence-electron chi connectivity index (χ1n) is 6.89. The molecule has 0 radical (unpaired) electrons. The van der Waals surface area contributed by atoms with Crippen molar-refractivity contribution in [2.45, 2.75) is 19.4 Å². The molecule has 1 unspecified atom stereocenters. The molecule has 1 aromatic rings. The summed E-state index contributed by atoms with van der Waals surface area (Å²) >= 11 is 6.16. The Hall–Kier alpha value is -1.28. The number of halogens is 1. The highest BCUT2D eigenvalue weighted by Crippen LogP contribution is 2.28. The van der Waals surface area contributed by atoms with E-state index in [0.717, 1.165) is 19.5 Å². The molecular formula is C15H19ClN2O2. The third-order valence-electron chi connectivity index (χ3n) is 3.45. The number of benzene rings is 1. The molecule has 2 rings (SSSR count). The third-order valence-corrected chi connectivity index (χ3v) is 3.75. The predicted molar refractivity (Wildman–Crippen MR) is 78.1 cm³/mol. The molecule has 1 saturated heterocycles. The highest BCUT2D eigenvalue weighted by atomic mass is 35.5. The van der Waals surface area contributed by atoms with Crippen LogP contribution in [0.4, 0.5) is 0 Å². The van der Waals surface area contributed by atoms with Crippen molar-refractivity contribution in [2.24, 2.45) is 5.92 Å². The van der Waals surface area contributed by atoms with Crippen molar-refractivity contribution in [3.63, 3.8) is 0 Å². The first-order chi connectivity index (χ1) is 9.74. The minimum Gasteiger partial charge on any atom is -0.486 e. The molecule has 20 heavy (non-hydrogen) atoms. The van der Waals surface area contributed by atoms with Crippen molar-refractivity contribution < 1.29 is 9.47 Å². The zero-order valence-electron chi connectivity index (χ0n) is 11.6. The number of nitrogens with zero attached hydrogens (tertiary/aromatic N) is 1. The highest BCUT2D eigenvalue weighted by Gasteiger charge is 2.27. The number of hydrogen-bond donors (Lipinski definition) is 1. The van der Waals surface area contributed by atoms with Gasteiger partial charge in [-0.2, -0.15) is 5.26 Å². The van der Waals surface area contributed by atoms with Crippen LogP contribution in [0.2, 0.25) is 5.02 Å². The molecule has 1 aliphatic heterocycles. The number of ether oxygens (including phenoxy) is 2. The Morgan fingerprint density at radius 1 is 1.55 bits per heavy atom. The van der Waals surface area contributed by atoms with E-state index in [4.69, 9.17) is 26.3 Å². The normalized spacial score (nSPS) is 19.6. The van der Waals surface area contributed by atoms with Gasteiger partial charge in [0.05, 0.1) is 23.3 Å². The van der Waals surface area contributed by atoms with Crippen molar-refractivity contribution in [3.8, 4) is 11.8 Å². The molecule has 1 aromatic carbocycles. The lowest BCUT2D eigenvalue weighted by Crippen LogP contribution is -2.33. The molecule has 1 aliphatic rings. The highest BCUT2D eigenvalue weighted by molar-refractivity contribution is 6.32. The molecule has 1 N–H and O–H groups in total. The van der Waals surface area contributed by atoms with Crippen molar-refractivity contribution in [2.75, 3.05) is 26.3 Å². The van der Waals surface area contributed by atoms with Gasteiger partial charge >= 0.3 is 0 Å². The van der Waals surface area contributed by atoms with Crippen molar-refractivity contribution in [1.29, 1.82) is 5.26 Å². The molecule has 2 atom stereocenters. The molecule has 0 spiro atoms. The maximum Gasteiger partial charge on any atom is 0.138 e. The van der Waals surface area contributed by atoms with Gasteiger partial charge in [0.2, 0.25) is 0 Å². The number of rotatable bonds is 6. The molecule has 0 saturated carbocycles. The van der Waals surface area contributed by atoms with Gasteiger partial charge in [-0.25, -0.2) is 0 Å². The minimum atomic E-state index is -0.0182. The van der Waals surface area contributed by atoms with Crippen LogP contribution >= 0.6 is 11.6 Å². The maximum absolute atomic E-state index is 8.85. The van der Waals surface area contributed by atoms with Crippen molar-refractivity contribution in [3.05, 3.63) is 28.8 Å². The van der Waals surface area contributed by atoms with Crippen LogP contribution in [0.1, 0.15) is 18.9 Å². The summed E-state index contributed by atoms with van der Waals surface area (Å²) in [6, 6.07) is 7.16. The standard InChI is InChI=1S/C15H19ClN2O2/c1-2-19-10-15(12-5-6-18-9-12)20-14-4-3-11(8-17)7-13(14)16/h3-4,7,12,15,18H,2,5-6,9-10H2,1H3/t12?,15-/m0/s1. The number of nitriles is 1. The smallest absolute Gasteiger partial charge is 0.138 e. The molecule has 0 amide bonds. The molecule has 5 heteroatoms. The summed E-state index contributed by atoms with van der Waals surface area (Å²) in [4.78, 5) is 0. The van der Waals surface area contributed by atoms with Gasteiger partial charge < -0.3 is 14.8 Å². The van der Waals surface area contributed by atoms with Crippen molar-refractivity contribution in [1.82, 2.24) is 5.32 Å². The fourth-order valence-electron chi connectivity index (χ4n) is 2.32. The average Bonchev–Trinajstić information content (AvgIpc) is 2.99. The molecule has 1 fully saturated rings. The summed E-state index contributed by atoms with van der Waals surface area (Å²) in [7, 11) is 0. The summed E-state index contributed by atoms with van der Waals surface area (Å²) < 4.78 is 11.5. The molecule has 1 heterocycles. The molecule has 0 aliphatic carbocycles. The number of hydrogen-bond acceptors (Lipinski definition) is 4. The zero-order chi connectivity index (χ0) is 14.4. The molecule has 0 bridgehead atoms. The van der Waals surface area contributed by atoms with Gasteiger partial charge in [-0.3, -0.25) is 0 Å². The molecule has 0 aromatic heterocycles. The van der Waals surface area contributed by atoms with Crippen LogP contribution in [0.15, 0.2) is 18.2 Å². The van der Waals surface area contributed by atoms with Gasteiger partial charge in [-0.1, -0.05) is 11.6 Å². The van der Waals surface area contributed by atoms with Gasteiger partial charge in [-0.15, -0.1) is 0 Å². The lowest BCUT2D eigenvalue weighted by Gasteiger charge is -2.24. The van der Waals surface area contributed by atoms with E-state index in [-0.39, 0.29) is 6.10 Å². The lowest BCUT2D eigenvalue weighted by atomic mass is 10.0. The van der Waals surface area contributed by atoms with Gasteiger partial charge in [0, 0.05) is 19.1 Å². The van der Waals surface area contributed by atoms with E-state index in [1.807, 2.05) is 6.92 Å². The fraction of sp³-hybridized carbons (Fsp3) is 0.533. The van der Waals surface area contributed by atoms with E-state index in [1.165, 1.54) is 0 Å². The van der Waals surface area contributed by atoms with E-state index in [1.54, 1.807) is 18.2 Å². The number of nitrogens with one attached hydrogen (secondary N) is 1. The van der Waals surface area contributed by atoms with Crippen LogP contribution in [-0.2, 0) is 4.74 Å². The summed E-state index contributed by atoms with van der Waals surface area (Å²) in [6.45, 7) is 5.14. The average molecular weight is 295 g/mol. The van der Waals surface area contributed by atoms with Crippen LogP contribution in [0.3, 0.4) is 0 Å². The maximum atomic E-state index is 8.85. The Morgan fingerprint density at radius 2 is 2.40 bits per heavy atom. The Kier molecular flexibility index (Phi) is 5.66. The Bertz CT molecular complexity index is 481. The summed E-state index contributed by atoms with van der Waals surface area (Å²) in [6.07, 6.45) is 1.06. The Morgan fingerprint density at radius 3 is 3.00 bits per heavy atom. The summed E-state index contributed by atoms with van der Waals surface area (Å²) in [5, 5.41) is 12.7. The minimum absolute atomic E-state index is 0.0182. The second-order valence-corrected chi connectivity index (χ2v) is 5.23. The molecule has 108 valence electrons. The van der Waals surface area contributed by atoms with Crippen molar-refractivity contribution >= 4 is 11.6 Å². The second-order valence-electron chi connectivity index (χ2n) is 4.83. The monoisotopic (exact) mass is 294 g/mol. The van der Waals surface area contributed by atoms with Gasteiger partial charge in [0.15, 0.2) is 0 Å². The van der Waals surface area contributed by atoms with Gasteiger partial charge in [0.1, 0.15) is 11.9 Å².